The number of aromatic amines is 1. The average Bonchev–Trinajstić information content (AvgIpc) is 2.87. The van der Waals surface area contributed by atoms with Gasteiger partial charge in [-0.2, -0.15) is 0 Å². The molecule has 6 heteroatoms. The molecule has 0 fully saturated rings. The van der Waals surface area contributed by atoms with E-state index >= 15 is 0 Å². The van der Waals surface area contributed by atoms with Crippen LogP contribution in [0.3, 0.4) is 0 Å². The maximum absolute atomic E-state index is 13.3. The number of anilines is 1. The first-order valence-corrected chi connectivity index (χ1v) is 7.35. The van der Waals surface area contributed by atoms with E-state index in [9.17, 15) is 4.39 Å². The van der Waals surface area contributed by atoms with Gasteiger partial charge in [0.05, 0.1) is 18.1 Å². The van der Waals surface area contributed by atoms with Gasteiger partial charge >= 0.3 is 0 Å². The molecule has 0 unspecified atom stereocenters. The van der Waals surface area contributed by atoms with Gasteiger partial charge in [-0.1, -0.05) is 11.8 Å². The van der Waals surface area contributed by atoms with Gasteiger partial charge < -0.3 is 15.5 Å². The molecule has 0 aliphatic rings. The fourth-order valence-corrected chi connectivity index (χ4v) is 2.94. The molecule has 0 amide bonds. The number of aromatic nitrogens is 2. The fourth-order valence-electron chi connectivity index (χ4n) is 2.08. The summed E-state index contributed by atoms with van der Waals surface area (Å²) < 4.78 is 18.6. The van der Waals surface area contributed by atoms with Crippen molar-refractivity contribution in [2.24, 2.45) is 0 Å². The molecule has 3 N–H and O–H groups in total. The van der Waals surface area contributed by atoms with Gasteiger partial charge in [-0.25, -0.2) is 9.37 Å². The molecule has 3 rings (SSSR count). The first-order valence-electron chi connectivity index (χ1n) is 6.36. The Hall–Kier alpha value is -2.21. The third-order valence-electron chi connectivity index (χ3n) is 3.09. The van der Waals surface area contributed by atoms with Crippen molar-refractivity contribution in [1.82, 2.24) is 9.97 Å². The molecule has 1 aromatic heterocycles. The van der Waals surface area contributed by atoms with Crippen molar-refractivity contribution in [3.63, 3.8) is 0 Å². The minimum Gasteiger partial charge on any atom is -0.496 e. The van der Waals surface area contributed by atoms with Gasteiger partial charge in [0.1, 0.15) is 11.6 Å². The number of halogens is 1. The summed E-state index contributed by atoms with van der Waals surface area (Å²) in [6.45, 7) is 0. The summed E-state index contributed by atoms with van der Waals surface area (Å²) in [5, 5.41) is 0.766. The summed E-state index contributed by atoms with van der Waals surface area (Å²) in [5.41, 5.74) is 8.97. The molecular weight excluding hydrogens is 289 g/mol. The largest absolute Gasteiger partial charge is 0.496 e. The zero-order chi connectivity index (χ0) is 14.8. The Labute approximate surface area is 125 Å². The minimum absolute atomic E-state index is 0.274. The number of ether oxygens (including phenoxy) is 1. The third-order valence-corrected chi connectivity index (χ3v) is 4.01. The molecule has 1 heterocycles. The predicted octanol–water partition coefficient (Wildman–Crippen LogP) is 3.59. The number of imidazole rings is 1. The van der Waals surface area contributed by atoms with Gasteiger partial charge in [0.25, 0.3) is 0 Å². The minimum atomic E-state index is -0.274. The van der Waals surface area contributed by atoms with Crippen LogP contribution in [-0.2, 0) is 5.75 Å². The summed E-state index contributed by atoms with van der Waals surface area (Å²) in [7, 11) is 1.57. The number of fused-ring (bicyclic) bond motifs is 1. The Morgan fingerprint density at radius 3 is 2.95 bits per heavy atom. The van der Waals surface area contributed by atoms with E-state index in [0.717, 1.165) is 21.8 Å². The highest BCUT2D eigenvalue weighted by atomic mass is 32.2. The van der Waals surface area contributed by atoms with Crippen LogP contribution in [0.2, 0.25) is 0 Å². The Balaban J connectivity index is 1.81. The zero-order valence-electron chi connectivity index (χ0n) is 11.4. The van der Waals surface area contributed by atoms with Gasteiger partial charge in [-0.05, 0) is 36.4 Å². The molecule has 3 aromatic rings. The van der Waals surface area contributed by atoms with Crippen LogP contribution >= 0.6 is 11.8 Å². The number of benzene rings is 2. The van der Waals surface area contributed by atoms with Gasteiger partial charge in [0.15, 0.2) is 5.16 Å². The van der Waals surface area contributed by atoms with Crippen molar-refractivity contribution >= 4 is 28.5 Å². The quantitative estimate of drug-likeness (QED) is 0.571. The molecule has 0 saturated heterocycles. The molecule has 0 bridgehead atoms. The van der Waals surface area contributed by atoms with Crippen molar-refractivity contribution < 1.29 is 9.13 Å². The van der Waals surface area contributed by atoms with Crippen LogP contribution in [0.5, 0.6) is 5.75 Å². The zero-order valence-corrected chi connectivity index (χ0v) is 12.2. The first kappa shape index (κ1) is 13.8. The van der Waals surface area contributed by atoms with Crippen LogP contribution in [0.1, 0.15) is 5.56 Å². The normalized spacial score (nSPS) is 11.0. The Kier molecular flexibility index (Phi) is 3.70. The molecule has 21 heavy (non-hydrogen) atoms. The van der Waals surface area contributed by atoms with Crippen molar-refractivity contribution in [2.75, 3.05) is 12.8 Å². The summed E-state index contributed by atoms with van der Waals surface area (Å²) in [4.78, 5) is 7.66. The van der Waals surface area contributed by atoms with E-state index in [2.05, 4.69) is 9.97 Å². The van der Waals surface area contributed by atoms with E-state index in [0.29, 0.717) is 17.2 Å². The molecule has 0 aliphatic carbocycles. The molecule has 108 valence electrons. The lowest BCUT2D eigenvalue weighted by Gasteiger charge is -2.07. The van der Waals surface area contributed by atoms with Crippen LogP contribution in [0, 0.1) is 5.82 Å². The number of nitrogen functional groups attached to an aromatic ring is 1. The Bertz CT molecular complexity index is 788. The number of hydrogen-bond acceptors (Lipinski definition) is 4. The standard InChI is InChI=1S/C15H14FN3OS/c1-20-14-5-2-10(16)6-9(14)8-21-15-18-12-4-3-11(17)7-13(12)19-15/h2-7H,8,17H2,1H3,(H,18,19). The maximum Gasteiger partial charge on any atom is 0.166 e. The highest BCUT2D eigenvalue weighted by Gasteiger charge is 2.08. The first-order chi connectivity index (χ1) is 10.2. The number of nitrogens with two attached hydrogens (primary N) is 1. The van der Waals surface area contributed by atoms with E-state index in [-0.39, 0.29) is 5.82 Å². The SMILES string of the molecule is COc1ccc(F)cc1CSc1nc2ccc(N)cc2[nH]1. The smallest absolute Gasteiger partial charge is 0.166 e. The van der Waals surface area contributed by atoms with Crippen LogP contribution in [0.15, 0.2) is 41.6 Å². The lowest BCUT2D eigenvalue weighted by Crippen LogP contribution is -1.91. The van der Waals surface area contributed by atoms with Gasteiger partial charge in [-0.15, -0.1) is 0 Å². The molecule has 2 aromatic carbocycles. The number of H-pyrrole nitrogens is 1. The van der Waals surface area contributed by atoms with E-state index < -0.39 is 0 Å². The summed E-state index contributed by atoms with van der Waals surface area (Å²) in [6.07, 6.45) is 0. The number of nitrogens with one attached hydrogen (secondary N) is 1. The molecule has 0 radical (unpaired) electrons. The van der Waals surface area contributed by atoms with Crippen LogP contribution < -0.4 is 10.5 Å². The van der Waals surface area contributed by atoms with E-state index in [1.807, 2.05) is 18.2 Å². The fraction of sp³-hybridized carbons (Fsp3) is 0.133. The van der Waals surface area contributed by atoms with E-state index in [1.54, 1.807) is 13.2 Å². The maximum atomic E-state index is 13.3. The average molecular weight is 303 g/mol. The van der Waals surface area contributed by atoms with Crippen LogP contribution in [0.25, 0.3) is 11.0 Å². The van der Waals surface area contributed by atoms with E-state index in [1.165, 1.54) is 23.9 Å². The summed E-state index contributed by atoms with van der Waals surface area (Å²) in [5.74, 6) is 0.962. The molecule has 0 aliphatic heterocycles. The number of methoxy groups -OCH3 is 1. The Morgan fingerprint density at radius 1 is 1.29 bits per heavy atom. The number of rotatable bonds is 4. The highest BCUT2D eigenvalue weighted by Crippen LogP contribution is 2.28. The second-order valence-corrected chi connectivity index (χ2v) is 5.53. The van der Waals surface area contributed by atoms with Gasteiger partial charge in [-0.3, -0.25) is 0 Å². The van der Waals surface area contributed by atoms with Crippen LogP contribution in [0.4, 0.5) is 10.1 Å². The van der Waals surface area contributed by atoms with Crippen LogP contribution in [-0.4, -0.2) is 17.1 Å². The molecular formula is C15H14FN3OS. The topological polar surface area (TPSA) is 63.9 Å². The van der Waals surface area contributed by atoms with Crippen molar-refractivity contribution in [2.45, 2.75) is 10.9 Å². The van der Waals surface area contributed by atoms with Crippen molar-refractivity contribution in [3.05, 3.63) is 47.8 Å². The molecule has 0 saturated carbocycles. The van der Waals surface area contributed by atoms with E-state index in [4.69, 9.17) is 10.5 Å². The molecule has 0 atom stereocenters. The predicted molar refractivity (Wildman–Crippen MR) is 83.0 cm³/mol. The van der Waals surface area contributed by atoms with Crippen molar-refractivity contribution in [1.29, 1.82) is 0 Å². The lowest BCUT2D eigenvalue weighted by molar-refractivity contribution is 0.410. The summed E-state index contributed by atoms with van der Waals surface area (Å²) >= 11 is 1.49. The lowest BCUT2D eigenvalue weighted by atomic mass is 10.2. The third kappa shape index (κ3) is 2.95. The van der Waals surface area contributed by atoms with Crippen molar-refractivity contribution in [3.8, 4) is 5.75 Å². The number of hydrogen-bond donors (Lipinski definition) is 2. The highest BCUT2D eigenvalue weighted by molar-refractivity contribution is 7.98. The monoisotopic (exact) mass is 303 g/mol. The molecule has 4 nitrogen and oxygen atoms in total. The molecule has 0 spiro atoms. The summed E-state index contributed by atoms with van der Waals surface area (Å²) in [6, 6.07) is 10.0. The number of thioether (sulfide) groups is 1. The second-order valence-electron chi connectivity index (χ2n) is 4.56. The second kappa shape index (κ2) is 5.65. The Morgan fingerprint density at radius 2 is 2.14 bits per heavy atom. The van der Waals surface area contributed by atoms with Gasteiger partial charge in [0, 0.05) is 17.0 Å². The number of nitrogens with zero attached hydrogens (tertiary/aromatic N) is 1. The van der Waals surface area contributed by atoms with Gasteiger partial charge in [0.2, 0.25) is 0 Å².